The van der Waals surface area contributed by atoms with Crippen molar-refractivity contribution in [2.45, 2.75) is 6.92 Å². The quantitative estimate of drug-likeness (QED) is 0.714. The van der Waals surface area contributed by atoms with Crippen LogP contribution in [0.15, 0.2) is 16.6 Å². The van der Waals surface area contributed by atoms with E-state index in [1.54, 1.807) is 6.07 Å². The molecule has 0 unspecified atom stereocenters. The second-order valence-corrected chi connectivity index (χ2v) is 3.26. The molecule has 1 aromatic carbocycles. The maximum absolute atomic E-state index is 9.01. The lowest BCUT2D eigenvalue weighted by Crippen LogP contribution is -1.76. The summed E-state index contributed by atoms with van der Waals surface area (Å²) in [5.41, 5.74) is 0.935. The molecule has 1 aromatic rings. The molecule has 1 nitrogen and oxygen atoms in total. The van der Waals surface area contributed by atoms with Crippen molar-refractivity contribution < 1.29 is 5.11 Å². The third-order valence-corrected chi connectivity index (χ3v) is 2.77. The third kappa shape index (κ3) is 1.44. The molecule has 0 saturated carbocycles. The molecular formula is C7H6BrClO. The maximum Gasteiger partial charge on any atom is 0.117 e. The Labute approximate surface area is 72.8 Å². The van der Waals surface area contributed by atoms with E-state index in [1.807, 2.05) is 6.92 Å². The summed E-state index contributed by atoms with van der Waals surface area (Å²) in [6.45, 7) is 1.87. The van der Waals surface area contributed by atoms with Crippen molar-refractivity contribution in [3.05, 3.63) is 27.2 Å². The maximum atomic E-state index is 9.01. The number of rotatable bonds is 0. The molecule has 54 valence electrons. The van der Waals surface area contributed by atoms with E-state index in [4.69, 9.17) is 16.7 Å². The molecule has 0 heterocycles. The van der Waals surface area contributed by atoms with Gasteiger partial charge < -0.3 is 5.11 Å². The largest absolute Gasteiger partial charge is 0.508 e. The predicted molar refractivity (Wildman–Crippen MR) is 45.6 cm³/mol. The predicted octanol–water partition coefficient (Wildman–Crippen LogP) is 3.12. The molecule has 0 aromatic heterocycles. The van der Waals surface area contributed by atoms with Gasteiger partial charge in [-0.3, -0.25) is 0 Å². The summed E-state index contributed by atoms with van der Waals surface area (Å²) >= 11 is 8.98. The van der Waals surface area contributed by atoms with Gasteiger partial charge in [-0.2, -0.15) is 0 Å². The lowest BCUT2D eigenvalue weighted by Gasteiger charge is -2.00. The van der Waals surface area contributed by atoms with Crippen LogP contribution in [-0.2, 0) is 0 Å². The zero-order valence-corrected chi connectivity index (χ0v) is 7.70. The van der Waals surface area contributed by atoms with E-state index >= 15 is 0 Å². The summed E-state index contributed by atoms with van der Waals surface area (Å²) in [5, 5.41) is 9.55. The smallest absolute Gasteiger partial charge is 0.117 e. The van der Waals surface area contributed by atoms with Crippen molar-refractivity contribution in [1.82, 2.24) is 0 Å². The zero-order valence-electron chi connectivity index (χ0n) is 5.36. The molecule has 10 heavy (non-hydrogen) atoms. The Morgan fingerprint density at radius 1 is 1.50 bits per heavy atom. The Hall–Kier alpha value is -0.210. The van der Waals surface area contributed by atoms with E-state index < -0.39 is 0 Å². The Balaban J connectivity index is 3.31. The number of hydrogen-bond acceptors (Lipinski definition) is 1. The van der Waals surface area contributed by atoms with Gasteiger partial charge in [0.05, 0.1) is 5.02 Å². The number of aryl methyl sites for hydroxylation is 1. The number of aromatic hydroxyl groups is 1. The highest BCUT2D eigenvalue weighted by Gasteiger charge is 2.01. The average molecular weight is 221 g/mol. The molecule has 0 bridgehead atoms. The van der Waals surface area contributed by atoms with Crippen molar-refractivity contribution in [3.63, 3.8) is 0 Å². The van der Waals surface area contributed by atoms with Crippen LogP contribution in [0.5, 0.6) is 5.75 Å². The molecule has 3 heteroatoms. The molecule has 0 atom stereocenters. The molecule has 0 aliphatic rings. The molecule has 0 spiro atoms. The summed E-state index contributed by atoms with van der Waals surface area (Å²) in [7, 11) is 0. The van der Waals surface area contributed by atoms with Crippen LogP contribution >= 0.6 is 27.5 Å². The average Bonchev–Trinajstić information content (AvgIpc) is 1.82. The summed E-state index contributed by atoms with van der Waals surface area (Å²) < 4.78 is 0.840. The van der Waals surface area contributed by atoms with E-state index in [0.717, 1.165) is 10.0 Å². The zero-order chi connectivity index (χ0) is 7.72. The van der Waals surface area contributed by atoms with Crippen molar-refractivity contribution in [3.8, 4) is 5.75 Å². The minimum atomic E-state index is 0.200. The Kier molecular flexibility index (Phi) is 2.21. The number of halogens is 2. The molecular weight excluding hydrogens is 215 g/mol. The number of hydrogen-bond donors (Lipinski definition) is 1. The van der Waals surface area contributed by atoms with E-state index in [0.29, 0.717) is 5.02 Å². The van der Waals surface area contributed by atoms with Gasteiger partial charge in [-0.05, 0) is 40.5 Å². The highest BCUT2D eigenvalue weighted by Crippen LogP contribution is 2.29. The van der Waals surface area contributed by atoms with E-state index in [-0.39, 0.29) is 5.75 Å². The fourth-order valence-corrected chi connectivity index (χ4v) is 1.20. The molecule has 0 saturated heterocycles. The fraction of sp³-hybridized carbons (Fsp3) is 0.143. The summed E-state index contributed by atoms with van der Waals surface area (Å²) in [5.74, 6) is 0.200. The molecule has 0 amide bonds. The van der Waals surface area contributed by atoms with Crippen LogP contribution in [0.2, 0.25) is 5.02 Å². The summed E-state index contributed by atoms with van der Waals surface area (Å²) in [6.07, 6.45) is 0. The van der Waals surface area contributed by atoms with Gasteiger partial charge in [0, 0.05) is 4.47 Å². The van der Waals surface area contributed by atoms with Gasteiger partial charge in [0.1, 0.15) is 5.75 Å². The molecule has 0 radical (unpaired) electrons. The van der Waals surface area contributed by atoms with Gasteiger partial charge in [0.25, 0.3) is 0 Å². The van der Waals surface area contributed by atoms with E-state index in [1.165, 1.54) is 6.07 Å². The number of benzene rings is 1. The minimum Gasteiger partial charge on any atom is -0.508 e. The topological polar surface area (TPSA) is 20.2 Å². The van der Waals surface area contributed by atoms with Crippen molar-refractivity contribution in [2.24, 2.45) is 0 Å². The van der Waals surface area contributed by atoms with Gasteiger partial charge >= 0.3 is 0 Å². The van der Waals surface area contributed by atoms with E-state index in [9.17, 15) is 0 Å². The van der Waals surface area contributed by atoms with Gasteiger partial charge in [0.2, 0.25) is 0 Å². The number of phenols is 1. The monoisotopic (exact) mass is 220 g/mol. The van der Waals surface area contributed by atoms with Crippen LogP contribution in [0.1, 0.15) is 5.56 Å². The van der Waals surface area contributed by atoms with Gasteiger partial charge in [-0.25, -0.2) is 0 Å². The van der Waals surface area contributed by atoms with Gasteiger partial charge in [0.15, 0.2) is 0 Å². The van der Waals surface area contributed by atoms with Crippen LogP contribution in [-0.4, -0.2) is 5.11 Å². The van der Waals surface area contributed by atoms with Crippen LogP contribution in [0, 0.1) is 6.92 Å². The molecule has 1 N–H and O–H groups in total. The molecule has 0 aliphatic carbocycles. The Bertz CT molecular complexity index is 237. The second kappa shape index (κ2) is 2.81. The van der Waals surface area contributed by atoms with Crippen LogP contribution in [0.4, 0.5) is 0 Å². The Morgan fingerprint density at radius 2 is 2.10 bits per heavy atom. The standard InChI is InChI=1S/C7H6BrClO/c1-4-2-5(10)3-6(9)7(4)8/h2-3,10H,1H3. The third-order valence-electron chi connectivity index (χ3n) is 1.19. The minimum absolute atomic E-state index is 0.200. The van der Waals surface area contributed by atoms with Crippen LogP contribution in [0.3, 0.4) is 0 Å². The first-order valence-corrected chi connectivity index (χ1v) is 3.93. The first-order chi connectivity index (χ1) is 4.61. The summed E-state index contributed by atoms with van der Waals surface area (Å²) in [6, 6.07) is 3.15. The van der Waals surface area contributed by atoms with E-state index in [2.05, 4.69) is 15.9 Å². The van der Waals surface area contributed by atoms with Gasteiger partial charge in [-0.1, -0.05) is 11.6 Å². The SMILES string of the molecule is Cc1cc(O)cc(Cl)c1Br. The molecule has 0 fully saturated rings. The normalized spacial score (nSPS) is 9.90. The van der Waals surface area contributed by atoms with Crippen molar-refractivity contribution in [2.75, 3.05) is 0 Å². The first-order valence-electron chi connectivity index (χ1n) is 2.76. The lowest BCUT2D eigenvalue weighted by atomic mass is 10.2. The van der Waals surface area contributed by atoms with Crippen molar-refractivity contribution >= 4 is 27.5 Å². The lowest BCUT2D eigenvalue weighted by molar-refractivity contribution is 0.475. The highest BCUT2D eigenvalue weighted by molar-refractivity contribution is 9.10. The summed E-state index contributed by atoms with van der Waals surface area (Å²) in [4.78, 5) is 0. The van der Waals surface area contributed by atoms with Crippen LogP contribution < -0.4 is 0 Å². The first kappa shape index (κ1) is 7.89. The molecule has 0 aliphatic heterocycles. The van der Waals surface area contributed by atoms with Crippen molar-refractivity contribution in [1.29, 1.82) is 0 Å². The van der Waals surface area contributed by atoms with Crippen LogP contribution in [0.25, 0.3) is 0 Å². The number of phenolic OH excluding ortho intramolecular Hbond substituents is 1. The molecule has 1 rings (SSSR count). The van der Waals surface area contributed by atoms with Gasteiger partial charge in [-0.15, -0.1) is 0 Å². The second-order valence-electron chi connectivity index (χ2n) is 2.06. The highest BCUT2D eigenvalue weighted by atomic mass is 79.9. The Morgan fingerprint density at radius 3 is 2.60 bits per heavy atom. The fourth-order valence-electron chi connectivity index (χ4n) is 0.708.